The number of imidazole rings is 1. The van der Waals surface area contributed by atoms with E-state index < -0.39 is 29.8 Å². The molecule has 180 valence electrons. The van der Waals surface area contributed by atoms with E-state index >= 15 is 0 Å². The number of sulfonamides is 2. The Labute approximate surface area is 195 Å². The SMILES string of the molecule is NCCNS(=O)(=O)c1ccc(-c2cccc3[nH]c(CCN)nc23)c(C2=NCN=N2)c1S(N)(=O)=O. The van der Waals surface area contributed by atoms with Crippen molar-refractivity contribution in [3.05, 3.63) is 41.7 Å². The summed E-state index contributed by atoms with van der Waals surface area (Å²) in [6.45, 7) is 0.271. The summed E-state index contributed by atoms with van der Waals surface area (Å²) < 4.78 is 53.7. The zero-order valence-electron chi connectivity index (χ0n) is 17.9. The van der Waals surface area contributed by atoms with Crippen LogP contribution in [-0.2, 0) is 26.5 Å². The molecule has 0 atom stereocenters. The Morgan fingerprint density at radius 3 is 2.47 bits per heavy atom. The Bertz CT molecular complexity index is 1530. The first-order chi connectivity index (χ1) is 16.2. The third-order valence-corrected chi connectivity index (χ3v) is 7.66. The lowest BCUT2D eigenvalue weighted by molar-refractivity contribution is 0.573. The van der Waals surface area contributed by atoms with Crippen LogP contribution in [0.3, 0.4) is 0 Å². The number of rotatable bonds is 9. The first-order valence-electron chi connectivity index (χ1n) is 10.2. The highest BCUT2D eigenvalue weighted by Gasteiger charge is 2.33. The third-order valence-electron chi connectivity index (χ3n) is 5.04. The van der Waals surface area contributed by atoms with Gasteiger partial charge in [0.25, 0.3) is 0 Å². The van der Waals surface area contributed by atoms with E-state index in [-0.39, 0.29) is 31.2 Å². The predicted octanol–water partition coefficient (Wildman–Crippen LogP) is -0.215. The van der Waals surface area contributed by atoms with Crippen LogP contribution in [0, 0.1) is 0 Å². The molecular formula is C19H23N9O4S2. The van der Waals surface area contributed by atoms with E-state index in [0.717, 1.165) is 0 Å². The molecule has 2 heterocycles. The topological polar surface area (TPSA) is 224 Å². The van der Waals surface area contributed by atoms with E-state index in [1.165, 1.54) is 12.1 Å². The Hall–Kier alpha value is -3.08. The third kappa shape index (κ3) is 4.48. The molecule has 0 radical (unpaired) electrons. The maximum atomic E-state index is 13.0. The molecule has 13 nitrogen and oxygen atoms in total. The second-order valence-electron chi connectivity index (χ2n) is 7.34. The number of H-pyrrole nitrogens is 1. The van der Waals surface area contributed by atoms with Crippen molar-refractivity contribution in [2.75, 3.05) is 26.3 Å². The normalized spacial score (nSPS) is 14.1. The van der Waals surface area contributed by atoms with Gasteiger partial charge in [0.15, 0.2) is 12.5 Å². The number of para-hydroxylation sites is 1. The van der Waals surface area contributed by atoms with Crippen LogP contribution in [0.2, 0.25) is 0 Å². The van der Waals surface area contributed by atoms with Crippen LogP contribution in [0.25, 0.3) is 22.2 Å². The van der Waals surface area contributed by atoms with Gasteiger partial charge in [0.2, 0.25) is 20.0 Å². The molecular weight excluding hydrogens is 482 g/mol. The monoisotopic (exact) mass is 505 g/mol. The number of nitrogens with two attached hydrogens (primary N) is 3. The summed E-state index contributed by atoms with van der Waals surface area (Å²) in [5, 5.41) is 13.3. The standard InChI is InChI=1S/C19H23N9O4S2/c20-7-6-15-26-13-3-1-2-12(17(13)27-15)11-4-5-14(34(31,32)25-9-8-21)18(33(22,29)30)16(11)19-23-10-24-28-19/h1-5,25H,6-10,20-21H2,(H,26,27)(H2,22,29,30). The number of azo groups is 1. The zero-order chi connectivity index (χ0) is 24.5. The summed E-state index contributed by atoms with van der Waals surface area (Å²) in [4.78, 5) is 10.7. The number of benzene rings is 2. The van der Waals surface area contributed by atoms with Crippen LogP contribution in [0.5, 0.6) is 0 Å². The van der Waals surface area contributed by atoms with Crippen LogP contribution in [0.15, 0.2) is 55.3 Å². The smallest absolute Gasteiger partial charge is 0.241 e. The second kappa shape index (κ2) is 9.28. The Balaban J connectivity index is 2.08. The molecule has 1 aromatic heterocycles. The van der Waals surface area contributed by atoms with Gasteiger partial charge in [0.1, 0.15) is 15.6 Å². The molecule has 8 N–H and O–H groups in total. The van der Waals surface area contributed by atoms with Crippen LogP contribution in [-0.4, -0.2) is 58.9 Å². The molecule has 0 spiro atoms. The molecule has 2 aromatic carbocycles. The molecule has 0 fully saturated rings. The van der Waals surface area contributed by atoms with Gasteiger partial charge in [-0.15, -0.1) is 5.11 Å². The van der Waals surface area contributed by atoms with Gasteiger partial charge >= 0.3 is 0 Å². The van der Waals surface area contributed by atoms with Gasteiger partial charge in [-0.1, -0.05) is 18.2 Å². The number of aromatic amines is 1. The first kappa shape index (κ1) is 24.1. The highest BCUT2D eigenvalue weighted by molar-refractivity contribution is 7.92. The lowest BCUT2D eigenvalue weighted by atomic mass is 9.97. The molecule has 1 aliphatic heterocycles. The number of hydrogen-bond acceptors (Lipinski definition) is 10. The van der Waals surface area contributed by atoms with Gasteiger partial charge in [-0.3, -0.25) is 0 Å². The van der Waals surface area contributed by atoms with Gasteiger partial charge in [-0.2, -0.15) is 5.11 Å². The van der Waals surface area contributed by atoms with Crippen molar-refractivity contribution in [3.8, 4) is 11.1 Å². The molecule has 0 bridgehead atoms. The number of aliphatic imine (C=N–C) groups is 1. The zero-order valence-corrected chi connectivity index (χ0v) is 19.5. The summed E-state index contributed by atoms with van der Waals surface area (Å²) in [5.41, 5.74) is 13.1. The number of nitrogens with zero attached hydrogens (tertiary/aromatic N) is 4. The van der Waals surface area contributed by atoms with Crippen LogP contribution in [0.1, 0.15) is 11.4 Å². The molecule has 0 aliphatic carbocycles. The number of fused-ring (bicyclic) bond motifs is 1. The molecule has 34 heavy (non-hydrogen) atoms. The molecule has 15 heteroatoms. The Morgan fingerprint density at radius 2 is 1.82 bits per heavy atom. The van der Waals surface area contributed by atoms with Crippen molar-refractivity contribution in [1.29, 1.82) is 0 Å². The molecule has 0 unspecified atom stereocenters. The minimum atomic E-state index is -4.57. The Morgan fingerprint density at radius 1 is 1.03 bits per heavy atom. The van der Waals surface area contributed by atoms with Crippen molar-refractivity contribution < 1.29 is 16.8 Å². The lowest BCUT2D eigenvalue weighted by Gasteiger charge is -2.17. The molecule has 4 rings (SSSR count). The van der Waals surface area contributed by atoms with Crippen LogP contribution >= 0.6 is 0 Å². The minimum Gasteiger partial charge on any atom is -0.342 e. The van der Waals surface area contributed by atoms with E-state index in [9.17, 15) is 16.8 Å². The van der Waals surface area contributed by atoms with E-state index in [0.29, 0.717) is 41.0 Å². The summed E-state index contributed by atoms with van der Waals surface area (Å²) >= 11 is 0. The van der Waals surface area contributed by atoms with Crippen molar-refractivity contribution in [1.82, 2.24) is 14.7 Å². The summed E-state index contributed by atoms with van der Waals surface area (Å²) in [6.07, 6.45) is 0.508. The summed E-state index contributed by atoms with van der Waals surface area (Å²) in [5.74, 6) is 0.603. The first-order valence-corrected chi connectivity index (χ1v) is 13.2. The lowest BCUT2D eigenvalue weighted by Crippen LogP contribution is -2.31. The van der Waals surface area contributed by atoms with E-state index in [2.05, 4.69) is 29.9 Å². The van der Waals surface area contributed by atoms with E-state index in [4.69, 9.17) is 16.6 Å². The Kier molecular flexibility index (Phi) is 6.57. The average molecular weight is 506 g/mol. The minimum absolute atomic E-state index is 0.0160. The number of hydrogen-bond donors (Lipinski definition) is 5. The fourth-order valence-electron chi connectivity index (χ4n) is 3.69. The van der Waals surface area contributed by atoms with E-state index in [1.54, 1.807) is 12.1 Å². The van der Waals surface area contributed by atoms with Gasteiger partial charge in [-0.25, -0.2) is 36.7 Å². The largest absolute Gasteiger partial charge is 0.342 e. The van der Waals surface area contributed by atoms with Gasteiger partial charge in [-0.05, 0) is 24.2 Å². The molecule has 0 amide bonds. The fourth-order valence-corrected chi connectivity index (χ4v) is 6.34. The molecule has 0 saturated carbocycles. The average Bonchev–Trinajstić information content (AvgIpc) is 3.46. The van der Waals surface area contributed by atoms with E-state index in [1.807, 2.05) is 6.07 Å². The maximum Gasteiger partial charge on any atom is 0.241 e. The highest BCUT2D eigenvalue weighted by Crippen LogP contribution is 2.37. The highest BCUT2D eigenvalue weighted by atomic mass is 32.2. The number of primary sulfonamides is 1. The van der Waals surface area contributed by atoms with Crippen molar-refractivity contribution >= 4 is 36.9 Å². The number of nitrogens with one attached hydrogen (secondary N) is 2. The maximum absolute atomic E-state index is 13.0. The molecule has 3 aromatic rings. The number of amidine groups is 1. The van der Waals surface area contributed by atoms with Crippen molar-refractivity contribution in [3.63, 3.8) is 0 Å². The predicted molar refractivity (Wildman–Crippen MR) is 126 cm³/mol. The summed E-state index contributed by atoms with van der Waals surface area (Å²) in [6, 6.07) is 7.96. The second-order valence-corrected chi connectivity index (χ2v) is 10.6. The fraction of sp³-hybridized carbons (Fsp3) is 0.263. The van der Waals surface area contributed by atoms with Crippen LogP contribution in [0.4, 0.5) is 0 Å². The van der Waals surface area contributed by atoms with Gasteiger partial charge in [0.05, 0.1) is 16.6 Å². The van der Waals surface area contributed by atoms with Crippen molar-refractivity contribution in [2.45, 2.75) is 16.2 Å². The molecule has 0 saturated heterocycles. The quantitative estimate of drug-likeness (QED) is 0.262. The van der Waals surface area contributed by atoms with Crippen molar-refractivity contribution in [2.24, 2.45) is 31.8 Å². The number of aromatic nitrogens is 2. The van der Waals surface area contributed by atoms with Crippen LogP contribution < -0.4 is 21.3 Å². The van der Waals surface area contributed by atoms with Gasteiger partial charge in [0, 0.05) is 25.1 Å². The molecule has 1 aliphatic rings. The van der Waals surface area contributed by atoms with Gasteiger partial charge < -0.3 is 16.5 Å². The summed E-state index contributed by atoms with van der Waals surface area (Å²) in [7, 11) is -8.86.